The van der Waals surface area contributed by atoms with Crippen LogP contribution >= 0.6 is 0 Å². The second-order valence-corrected chi connectivity index (χ2v) is 4.11. The maximum Gasteiger partial charge on any atom is 0.315 e. The van der Waals surface area contributed by atoms with Crippen LogP contribution in [0.4, 0.5) is 0 Å². The van der Waals surface area contributed by atoms with Crippen LogP contribution in [0.1, 0.15) is 13.3 Å². The zero-order valence-corrected chi connectivity index (χ0v) is 9.04. The summed E-state index contributed by atoms with van der Waals surface area (Å²) >= 11 is 0. The van der Waals surface area contributed by atoms with Crippen LogP contribution in [0.2, 0.25) is 0 Å². The van der Waals surface area contributed by atoms with E-state index in [0.717, 1.165) is 0 Å². The molecule has 8 heteroatoms. The van der Waals surface area contributed by atoms with Gasteiger partial charge in [-0.25, -0.2) is 0 Å². The van der Waals surface area contributed by atoms with Gasteiger partial charge in [0.05, 0.1) is 6.61 Å². The summed E-state index contributed by atoms with van der Waals surface area (Å²) in [4.78, 5) is 10.8. The molecule has 0 aromatic heterocycles. The normalized spacial score (nSPS) is 10.8. The highest BCUT2D eigenvalue weighted by atomic mass is 32.2. The second kappa shape index (κ2) is 6.36. The zero-order chi connectivity index (χ0) is 11.9. The molecule has 0 saturated heterocycles. The Morgan fingerprint density at radius 1 is 1.40 bits per heavy atom. The summed E-state index contributed by atoms with van der Waals surface area (Å²) in [6.45, 7) is 1.47. The third-order valence-corrected chi connectivity index (χ3v) is 1.91. The number of esters is 1. The standard InChI is InChI=1S/C7H13NO6S/c1-2-13-7(9)5-6(8)14-3-4-15(10,11)12/h8H,2-5H2,1H3,(H,10,11,12). The maximum atomic E-state index is 10.8. The van der Waals surface area contributed by atoms with Crippen molar-refractivity contribution in [1.29, 1.82) is 5.41 Å². The van der Waals surface area contributed by atoms with E-state index in [1.165, 1.54) is 0 Å². The third kappa shape index (κ3) is 9.16. The topological polar surface area (TPSA) is 114 Å². The van der Waals surface area contributed by atoms with Crippen molar-refractivity contribution in [3.05, 3.63) is 0 Å². The van der Waals surface area contributed by atoms with Crippen molar-refractivity contribution in [2.75, 3.05) is 19.0 Å². The number of carbonyl (C=O) groups is 1. The number of hydrogen-bond donors (Lipinski definition) is 2. The average Bonchev–Trinajstić information content (AvgIpc) is 2.01. The van der Waals surface area contributed by atoms with Crippen LogP contribution in [0, 0.1) is 5.41 Å². The molecule has 0 aromatic carbocycles. The molecule has 0 radical (unpaired) electrons. The van der Waals surface area contributed by atoms with Gasteiger partial charge in [-0.2, -0.15) is 8.42 Å². The lowest BCUT2D eigenvalue weighted by Crippen LogP contribution is -2.17. The number of carbonyl (C=O) groups excluding carboxylic acids is 1. The van der Waals surface area contributed by atoms with E-state index in [1.807, 2.05) is 0 Å². The van der Waals surface area contributed by atoms with Crippen molar-refractivity contribution in [3.63, 3.8) is 0 Å². The van der Waals surface area contributed by atoms with Crippen molar-refractivity contribution < 1.29 is 27.2 Å². The molecule has 88 valence electrons. The average molecular weight is 239 g/mol. The Kier molecular flexibility index (Phi) is 5.87. The summed E-state index contributed by atoms with van der Waals surface area (Å²) in [5.74, 6) is -1.62. The lowest BCUT2D eigenvalue weighted by Gasteiger charge is -2.05. The molecule has 0 rings (SSSR count). The van der Waals surface area contributed by atoms with Gasteiger partial charge in [0.15, 0.2) is 5.90 Å². The van der Waals surface area contributed by atoms with Crippen molar-refractivity contribution >= 4 is 22.0 Å². The quantitative estimate of drug-likeness (QED) is 0.287. The minimum absolute atomic E-state index is 0.205. The SMILES string of the molecule is CCOC(=O)CC(=N)OCCS(=O)(=O)O. The van der Waals surface area contributed by atoms with Crippen LogP contribution in [0.15, 0.2) is 0 Å². The van der Waals surface area contributed by atoms with Crippen molar-refractivity contribution in [2.24, 2.45) is 0 Å². The zero-order valence-electron chi connectivity index (χ0n) is 8.23. The molecule has 0 unspecified atom stereocenters. The second-order valence-electron chi connectivity index (χ2n) is 2.54. The predicted octanol–water partition coefficient (Wildman–Crippen LogP) is -0.179. The summed E-state index contributed by atoms with van der Waals surface area (Å²) in [5.41, 5.74) is 0. The van der Waals surface area contributed by atoms with Gasteiger partial charge in [0, 0.05) is 0 Å². The van der Waals surface area contributed by atoms with Crippen LogP contribution in [-0.4, -0.2) is 43.8 Å². The van der Waals surface area contributed by atoms with E-state index in [0.29, 0.717) is 0 Å². The van der Waals surface area contributed by atoms with Crippen LogP contribution in [0.3, 0.4) is 0 Å². The smallest absolute Gasteiger partial charge is 0.315 e. The molecule has 0 aliphatic rings. The first-order valence-electron chi connectivity index (χ1n) is 4.16. The van der Waals surface area contributed by atoms with Gasteiger partial charge in [-0.3, -0.25) is 14.8 Å². The number of ether oxygens (including phenoxy) is 2. The molecule has 2 N–H and O–H groups in total. The monoisotopic (exact) mass is 239 g/mol. The fourth-order valence-corrected chi connectivity index (χ4v) is 0.958. The van der Waals surface area contributed by atoms with Gasteiger partial charge in [0.25, 0.3) is 10.1 Å². The highest BCUT2D eigenvalue weighted by Crippen LogP contribution is 1.92. The van der Waals surface area contributed by atoms with Gasteiger partial charge in [0.2, 0.25) is 0 Å². The molecule has 15 heavy (non-hydrogen) atoms. The molecule has 0 fully saturated rings. The van der Waals surface area contributed by atoms with Crippen molar-refractivity contribution in [1.82, 2.24) is 0 Å². The van der Waals surface area contributed by atoms with Crippen molar-refractivity contribution in [2.45, 2.75) is 13.3 Å². The molecule has 0 saturated carbocycles. The Balaban J connectivity index is 3.72. The van der Waals surface area contributed by atoms with Crippen LogP contribution in [0.25, 0.3) is 0 Å². The highest BCUT2D eigenvalue weighted by molar-refractivity contribution is 7.85. The van der Waals surface area contributed by atoms with Crippen molar-refractivity contribution in [3.8, 4) is 0 Å². The molecule has 0 heterocycles. The summed E-state index contributed by atoms with van der Waals surface area (Å²) in [5, 5.41) is 7.11. The Bertz CT molecular complexity index is 322. The van der Waals surface area contributed by atoms with E-state index in [9.17, 15) is 13.2 Å². The predicted molar refractivity (Wildman–Crippen MR) is 51.3 cm³/mol. The summed E-state index contributed by atoms with van der Waals surface area (Å²) < 4.78 is 37.9. The molecular weight excluding hydrogens is 226 g/mol. The van der Waals surface area contributed by atoms with Gasteiger partial charge >= 0.3 is 5.97 Å². The lowest BCUT2D eigenvalue weighted by atomic mass is 10.4. The van der Waals surface area contributed by atoms with Crippen LogP contribution in [-0.2, 0) is 24.4 Å². The highest BCUT2D eigenvalue weighted by Gasteiger charge is 2.10. The van der Waals surface area contributed by atoms with E-state index in [2.05, 4.69) is 9.47 Å². The fourth-order valence-electron chi connectivity index (χ4n) is 0.664. The van der Waals surface area contributed by atoms with Crippen LogP contribution < -0.4 is 0 Å². The first-order chi connectivity index (χ1) is 6.85. The van der Waals surface area contributed by atoms with E-state index in [1.54, 1.807) is 6.92 Å². The van der Waals surface area contributed by atoms with Gasteiger partial charge in [-0.15, -0.1) is 0 Å². The molecule has 0 aliphatic carbocycles. The molecule has 7 nitrogen and oxygen atoms in total. The van der Waals surface area contributed by atoms with Gasteiger partial charge in [-0.1, -0.05) is 0 Å². The lowest BCUT2D eigenvalue weighted by molar-refractivity contribution is -0.141. The minimum atomic E-state index is -4.10. The van der Waals surface area contributed by atoms with Gasteiger partial charge in [-0.05, 0) is 6.92 Å². The number of nitrogens with one attached hydrogen (secondary N) is 1. The molecule has 0 spiro atoms. The summed E-state index contributed by atoms with van der Waals surface area (Å²) in [7, 11) is -4.10. The molecule has 0 aromatic rings. The first kappa shape index (κ1) is 13.8. The Morgan fingerprint density at radius 2 is 2.00 bits per heavy atom. The molecular formula is C7H13NO6S. The van der Waals surface area contributed by atoms with Gasteiger partial charge < -0.3 is 9.47 Å². The molecule has 0 bridgehead atoms. The summed E-state index contributed by atoms with van der Waals surface area (Å²) in [6, 6.07) is 0. The Labute approximate surface area is 87.6 Å². The maximum absolute atomic E-state index is 10.8. The molecule has 0 amide bonds. The van der Waals surface area contributed by atoms with E-state index >= 15 is 0 Å². The Morgan fingerprint density at radius 3 is 2.47 bits per heavy atom. The largest absolute Gasteiger partial charge is 0.480 e. The number of hydrogen-bond acceptors (Lipinski definition) is 6. The number of rotatable bonds is 6. The first-order valence-corrected chi connectivity index (χ1v) is 5.77. The molecule has 0 atom stereocenters. The third-order valence-electron chi connectivity index (χ3n) is 1.23. The fraction of sp³-hybridized carbons (Fsp3) is 0.714. The summed E-state index contributed by atoms with van der Waals surface area (Å²) in [6.07, 6.45) is -0.348. The van der Waals surface area contributed by atoms with E-state index in [-0.39, 0.29) is 19.6 Å². The van der Waals surface area contributed by atoms with E-state index < -0.39 is 27.7 Å². The van der Waals surface area contributed by atoms with E-state index in [4.69, 9.17) is 9.96 Å². The van der Waals surface area contributed by atoms with Crippen LogP contribution in [0.5, 0.6) is 0 Å². The Hall–Kier alpha value is -1.15. The molecule has 0 aliphatic heterocycles. The van der Waals surface area contributed by atoms with Gasteiger partial charge in [0.1, 0.15) is 18.8 Å². The minimum Gasteiger partial charge on any atom is -0.480 e.